The quantitative estimate of drug-likeness (QED) is 0.739. The Kier molecular flexibility index (Phi) is 6.19. The first-order valence-electron chi connectivity index (χ1n) is 9.37. The molecule has 6 heteroatoms. The van der Waals surface area contributed by atoms with Gasteiger partial charge < -0.3 is 19.5 Å². The summed E-state index contributed by atoms with van der Waals surface area (Å²) in [4.78, 5) is 24.3. The smallest absolute Gasteiger partial charge is 0.338 e. The first kappa shape index (κ1) is 19.7. The number of esters is 1. The summed E-state index contributed by atoms with van der Waals surface area (Å²) in [6.45, 7) is 6.05. The minimum atomic E-state index is -0.584. The normalized spacial score (nSPS) is 13.3. The third-order valence-electron chi connectivity index (χ3n) is 4.44. The van der Waals surface area contributed by atoms with E-state index in [0.717, 1.165) is 12.0 Å². The molecule has 2 aromatic rings. The van der Waals surface area contributed by atoms with Crippen LogP contribution >= 0.6 is 0 Å². The highest BCUT2D eigenvalue weighted by Crippen LogP contribution is 2.32. The number of fused-ring (bicyclic) bond motifs is 1. The molecule has 148 valence electrons. The van der Waals surface area contributed by atoms with Gasteiger partial charge in [-0.2, -0.15) is 0 Å². The molecule has 0 bridgehead atoms. The summed E-state index contributed by atoms with van der Waals surface area (Å²) < 4.78 is 15.5. The standard InChI is InChI=1S/C22H25NO5/c1-14(2)10-16-4-6-17(7-5-16)15(3)23-21(24)12-26-22(25)18-8-9-19-20(11-18)28-13-27-19/h4-9,11,14-15H,10,12-13H2,1-3H3,(H,23,24)/t15-/m0/s1. The van der Waals surface area contributed by atoms with Gasteiger partial charge in [-0.25, -0.2) is 4.79 Å². The number of hydrogen-bond donors (Lipinski definition) is 1. The van der Waals surface area contributed by atoms with Crippen molar-refractivity contribution in [2.45, 2.75) is 33.2 Å². The molecular weight excluding hydrogens is 358 g/mol. The lowest BCUT2D eigenvalue weighted by molar-refractivity contribution is -0.124. The molecule has 1 aliphatic heterocycles. The van der Waals surface area contributed by atoms with E-state index in [0.29, 0.717) is 23.0 Å². The SMILES string of the molecule is CC(C)Cc1ccc([C@H](C)NC(=O)COC(=O)c2ccc3c(c2)OCO3)cc1. The number of carbonyl (C=O) groups excluding carboxylic acids is 2. The molecule has 1 N–H and O–H groups in total. The van der Waals surface area contributed by atoms with Gasteiger partial charge in [0.2, 0.25) is 6.79 Å². The molecule has 0 saturated carbocycles. The summed E-state index contributed by atoms with van der Waals surface area (Å²) in [6, 6.07) is 12.8. The molecule has 0 spiro atoms. The Morgan fingerprint density at radius 2 is 1.75 bits per heavy atom. The lowest BCUT2D eigenvalue weighted by Gasteiger charge is -2.15. The largest absolute Gasteiger partial charge is 0.454 e. The molecule has 0 unspecified atom stereocenters. The van der Waals surface area contributed by atoms with Crippen molar-refractivity contribution in [2.24, 2.45) is 5.92 Å². The number of ether oxygens (including phenoxy) is 3. The van der Waals surface area contributed by atoms with Crippen LogP contribution in [-0.4, -0.2) is 25.3 Å². The number of carbonyl (C=O) groups is 2. The minimum Gasteiger partial charge on any atom is -0.454 e. The second-order valence-corrected chi connectivity index (χ2v) is 7.27. The summed E-state index contributed by atoms with van der Waals surface area (Å²) in [7, 11) is 0. The topological polar surface area (TPSA) is 73.9 Å². The number of benzene rings is 2. The van der Waals surface area contributed by atoms with Crippen molar-refractivity contribution in [2.75, 3.05) is 13.4 Å². The third-order valence-corrected chi connectivity index (χ3v) is 4.44. The van der Waals surface area contributed by atoms with Gasteiger partial charge in [0.25, 0.3) is 5.91 Å². The van der Waals surface area contributed by atoms with Crippen molar-refractivity contribution >= 4 is 11.9 Å². The fraction of sp³-hybridized carbons (Fsp3) is 0.364. The molecule has 1 amide bonds. The molecule has 0 fully saturated rings. The summed E-state index contributed by atoms with van der Waals surface area (Å²) >= 11 is 0. The van der Waals surface area contributed by atoms with E-state index < -0.39 is 5.97 Å². The Morgan fingerprint density at radius 3 is 2.46 bits per heavy atom. The van der Waals surface area contributed by atoms with E-state index in [1.54, 1.807) is 18.2 Å². The Morgan fingerprint density at radius 1 is 1.04 bits per heavy atom. The van der Waals surface area contributed by atoms with Gasteiger partial charge in [-0.15, -0.1) is 0 Å². The summed E-state index contributed by atoms with van der Waals surface area (Å²) in [5.74, 6) is 0.741. The predicted octanol–water partition coefficient (Wildman–Crippen LogP) is 3.65. The first-order chi connectivity index (χ1) is 13.4. The van der Waals surface area contributed by atoms with Crippen LogP contribution in [-0.2, 0) is 16.0 Å². The monoisotopic (exact) mass is 383 g/mol. The molecule has 0 saturated heterocycles. The second kappa shape index (κ2) is 8.78. The van der Waals surface area contributed by atoms with Crippen molar-refractivity contribution in [3.05, 3.63) is 59.2 Å². The van der Waals surface area contributed by atoms with Crippen molar-refractivity contribution in [3.63, 3.8) is 0 Å². The Balaban J connectivity index is 1.49. The molecule has 28 heavy (non-hydrogen) atoms. The molecule has 1 aliphatic rings. The lowest BCUT2D eigenvalue weighted by atomic mass is 10.00. The number of rotatable bonds is 7. The zero-order valence-electron chi connectivity index (χ0n) is 16.4. The van der Waals surface area contributed by atoms with Crippen LogP contribution in [0.3, 0.4) is 0 Å². The average molecular weight is 383 g/mol. The van der Waals surface area contributed by atoms with E-state index in [-0.39, 0.29) is 25.3 Å². The maximum Gasteiger partial charge on any atom is 0.338 e. The molecule has 2 aromatic carbocycles. The number of amides is 1. The Bertz CT molecular complexity index is 845. The van der Waals surface area contributed by atoms with Crippen LogP contribution in [0, 0.1) is 5.92 Å². The van der Waals surface area contributed by atoms with Gasteiger partial charge in [0.05, 0.1) is 11.6 Å². The van der Waals surface area contributed by atoms with Crippen molar-refractivity contribution in [1.29, 1.82) is 0 Å². The van der Waals surface area contributed by atoms with Gasteiger partial charge in [-0.1, -0.05) is 38.1 Å². The van der Waals surface area contributed by atoms with Crippen molar-refractivity contribution < 1.29 is 23.8 Å². The van der Waals surface area contributed by atoms with Gasteiger partial charge in [0.15, 0.2) is 18.1 Å². The van der Waals surface area contributed by atoms with Crippen LogP contribution in [0.25, 0.3) is 0 Å². The van der Waals surface area contributed by atoms with Crippen molar-refractivity contribution in [3.8, 4) is 11.5 Å². The third kappa shape index (κ3) is 5.03. The highest BCUT2D eigenvalue weighted by molar-refractivity contribution is 5.92. The fourth-order valence-corrected chi connectivity index (χ4v) is 3.02. The van der Waals surface area contributed by atoms with Crippen LogP contribution in [0.2, 0.25) is 0 Å². The molecule has 0 radical (unpaired) electrons. The van der Waals surface area contributed by atoms with Gasteiger partial charge in [-0.05, 0) is 48.6 Å². The van der Waals surface area contributed by atoms with E-state index in [9.17, 15) is 9.59 Å². The van der Waals surface area contributed by atoms with Gasteiger partial charge in [-0.3, -0.25) is 4.79 Å². The Labute approximate surface area is 164 Å². The van der Waals surface area contributed by atoms with E-state index >= 15 is 0 Å². The van der Waals surface area contributed by atoms with E-state index in [4.69, 9.17) is 14.2 Å². The molecule has 6 nitrogen and oxygen atoms in total. The van der Waals surface area contributed by atoms with Crippen LogP contribution in [0.1, 0.15) is 48.3 Å². The maximum atomic E-state index is 12.1. The summed E-state index contributed by atoms with van der Waals surface area (Å²) in [5, 5.41) is 2.84. The highest BCUT2D eigenvalue weighted by atomic mass is 16.7. The molecule has 1 heterocycles. The summed E-state index contributed by atoms with van der Waals surface area (Å²) in [6.07, 6.45) is 1.02. The molecule has 0 aliphatic carbocycles. The van der Waals surface area contributed by atoms with Gasteiger partial charge >= 0.3 is 5.97 Å². The van der Waals surface area contributed by atoms with E-state index in [1.165, 1.54) is 5.56 Å². The van der Waals surface area contributed by atoms with Crippen LogP contribution in [0.5, 0.6) is 11.5 Å². The lowest BCUT2D eigenvalue weighted by Crippen LogP contribution is -2.31. The fourth-order valence-electron chi connectivity index (χ4n) is 3.02. The second-order valence-electron chi connectivity index (χ2n) is 7.27. The molecule has 1 atom stereocenters. The van der Waals surface area contributed by atoms with Crippen molar-refractivity contribution in [1.82, 2.24) is 5.32 Å². The van der Waals surface area contributed by atoms with E-state index in [1.807, 2.05) is 19.1 Å². The number of nitrogens with one attached hydrogen (secondary N) is 1. The first-order valence-corrected chi connectivity index (χ1v) is 9.37. The molecular formula is C22H25NO5. The van der Waals surface area contributed by atoms with Crippen LogP contribution in [0.15, 0.2) is 42.5 Å². The zero-order valence-corrected chi connectivity index (χ0v) is 16.4. The highest BCUT2D eigenvalue weighted by Gasteiger charge is 2.18. The number of hydrogen-bond acceptors (Lipinski definition) is 5. The summed E-state index contributed by atoms with van der Waals surface area (Å²) in [5.41, 5.74) is 2.59. The van der Waals surface area contributed by atoms with Gasteiger partial charge in [0, 0.05) is 0 Å². The maximum absolute atomic E-state index is 12.1. The van der Waals surface area contributed by atoms with Crippen LogP contribution in [0.4, 0.5) is 0 Å². The predicted molar refractivity (Wildman–Crippen MR) is 104 cm³/mol. The van der Waals surface area contributed by atoms with E-state index in [2.05, 4.69) is 31.3 Å². The zero-order chi connectivity index (χ0) is 20.1. The molecule has 0 aromatic heterocycles. The van der Waals surface area contributed by atoms with Crippen LogP contribution < -0.4 is 14.8 Å². The molecule has 3 rings (SSSR count). The minimum absolute atomic E-state index is 0.132. The average Bonchev–Trinajstić information content (AvgIpc) is 3.14. The Hall–Kier alpha value is -3.02. The van der Waals surface area contributed by atoms with Gasteiger partial charge in [0.1, 0.15) is 0 Å².